The normalized spacial score (nSPS) is 25.0. The maximum Gasteiger partial charge on any atom is 0.220 e. The lowest BCUT2D eigenvalue weighted by Crippen LogP contribution is -2.65. The average Bonchev–Trinajstić information content (AvgIpc) is 3.47. The summed E-state index contributed by atoms with van der Waals surface area (Å²) in [5.41, 5.74) is 0. The average molecular weight is 1140 g/mol. The summed E-state index contributed by atoms with van der Waals surface area (Å²) in [5.74, 6) is -0.290. The Morgan fingerprint density at radius 3 is 1.36 bits per heavy atom. The number of ether oxygens (including phenoxy) is 4. The molecule has 0 aromatic heterocycles. The maximum absolute atomic E-state index is 13.3. The Morgan fingerprint density at radius 2 is 0.864 bits per heavy atom. The number of amides is 1. The van der Waals surface area contributed by atoms with E-state index in [9.17, 15) is 45.6 Å². The SMILES string of the molecule is CC/C=C\C/C=C\C/C=C\C/C=C\C/C=C\C/C=C\C/C=C\CCCCCC(=O)NC(COC1OC(CO)C(OC2OC(CO)C(O)C(O)C2O)C(O)C1O)C(O)/C=C/CC/C=C/CC/C=C/CCCCCCCCCCCCCC. The number of carbonyl (C=O) groups is 1. The molecule has 2 saturated heterocycles. The summed E-state index contributed by atoms with van der Waals surface area (Å²) in [6.45, 7) is 2.63. The minimum atomic E-state index is -1.80. The van der Waals surface area contributed by atoms with E-state index in [1.165, 1.54) is 77.0 Å². The lowest BCUT2D eigenvalue weighted by atomic mass is 9.97. The van der Waals surface area contributed by atoms with Gasteiger partial charge in [-0.3, -0.25) is 4.79 Å². The molecule has 12 unspecified atom stereocenters. The molecule has 0 saturated carbocycles. The van der Waals surface area contributed by atoms with Crippen LogP contribution in [0.5, 0.6) is 0 Å². The van der Waals surface area contributed by atoms with E-state index >= 15 is 0 Å². The molecule has 462 valence electrons. The number of nitrogens with one attached hydrogen (secondary N) is 1. The summed E-state index contributed by atoms with van der Waals surface area (Å²) in [7, 11) is 0. The van der Waals surface area contributed by atoms with Crippen molar-refractivity contribution in [2.24, 2.45) is 0 Å². The smallest absolute Gasteiger partial charge is 0.220 e. The van der Waals surface area contributed by atoms with E-state index in [4.69, 9.17) is 18.9 Å². The number of hydrogen-bond donors (Lipinski definition) is 9. The van der Waals surface area contributed by atoms with E-state index in [0.29, 0.717) is 12.8 Å². The Balaban J connectivity index is 1.80. The minimum Gasteiger partial charge on any atom is -0.394 e. The number of allylic oxidation sites excluding steroid dienone is 19. The summed E-state index contributed by atoms with van der Waals surface area (Å²) in [5, 5.41) is 87.2. The molecule has 12 atom stereocenters. The molecule has 81 heavy (non-hydrogen) atoms. The minimum absolute atomic E-state index is 0.222. The van der Waals surface area contributed by atoms with E-state index in [1.54, 1.807) is 6.08 Å². The lowest BCUT2D eigenvalue weighted by Gasteiger charge is -2.46. The van der Waals surface area contributed by atoms with Gasteiger partial charge in [0.15, 0.2) is 12.6 Å². The van der Waals surface area contributed by atoms with Crippen molar-refractivity contribution in [3.8, 4) is 0 Å². The highest BCUT2D eigenvalue weighted by Gasteiger charge is 2.51. The molecule has 14 nitrogen and oxygen atoms in total. The van der Waals surface area contributed by atoms with Crippen molar-refractivity contribution in [2.45, 2.75) is 274 Å². The third-order valence-electron chi connectivity index (χ3n) is 14.4. The van der Waals surface area contributed by atoms with Gasteiger partial charge >= 0.3 is 0 Å². The van der Waals surface area contributed by atoms with E-state index in [-0.39, 0.29) is 18.9 Å². The number of rotatable bonds is 48. The molecule has 0 radical (unpaired) electrons. The van der Waals surface area contributed by atoms with Gasteiger partial charge in [-0.15, -0.1) is 0 Å². The monoisotopic (exact) mass is 1140 g/mol. The zero-order valence-corrected chi connectivity index (χ0v) is 49.7. The van der Waals surface area contributed by atoms with Gasteiger partial charge in [0.05, 0.1) is 32.0 Å². The van der Waals surface area contributed by atoms with E-state index in [0.717, 1.165) is 89.9 Å². The largest absolute Gasteiger partial charge is 0.394 e. The molecule has 1 amide bonds. The highest BCUT2D eigenvalue weighted by Crippen LogP contribution is 2.30. The molecular formula is C67H111NO13. The maximum atomic E-state index is 13.3. The summed E-state index contributed by atoms with van der Waals surface area (Å²) in [6.07, 6.45) is 56.6. The number of aliphatic hydroxyl groups excluding tert-OH is 8. The Kier molecular flexibility index (Phi) is 46.1. The molecule has 2 aliphatic heterocycles. The first-order valence-corrected chi connectivity index (χ1v) is 31.3. The number of hydrogen-bond acceptors (Lipinski definition) is 13. The van der Waals surface area contributed by atoms with Gasteiger partial charge in [-0.05, 0) is 103 Å². The van der Waals surface area contributed by atoms with Gasteiger partial charge in [-0.1, -0.05) is 212 Å². The highest BCUT2D eigenvalue weighted by atomic mass is 16.7. The van der Waals surface area contributed by atoms with Crippen LogP contribution < -0.4 is 5.32 Å². The summed E-state index contributed by atoms with van der Waals surface area (Å²) in [6, 6.07) is -0.966. The Morgan fingerprint density at radius 1 is 0.457 bits per heavy atom. The molecule has 0 aromatic carbocycles. The van der Waals surface area contributed by atoms with Crippen molar-refractivity contribution in [3.63, 3.8) is 0 Å². The molecule has 2 aliphatic rings. The van der Waals surface area contributed by atoms with Crippen molar-refractivity contribution in [1.29, 1.82) is 0 Å². The van der Waals surface area contributed by atoms with Crippen molar-refractivity contribution < 1.29 is 64.6 Å². The van der Waals surface area contributed by atoms with Gasteiger partial charge in [0, 0.05) is 6.42 Å². The molecule has 0 aliphatic carbocycles. The summed E-state index contributed by atoms with van der Waals surface area (Å²) < 4.78 is 22.8. The zero-order valence-electron chi connectivity index (χ0n) is 49.7. The first kappa shape index (κ1) is 73.5. The third-order valence-corrected chi connectivity index (χ3v) is 14.4. The van der Waals surface area contributed by atoms with Gasteiger partial charge in [0.1, 0.15) is 48.8 Å². The highest BCUT2D eigenvalue weighted by molar-refractivity contribution is 5.76. The van der Waals surface area contributed by atoms with E-state index in [2.05, 4.69) is 129 Å². The van der Waals surface area contributed by atoms with Crippen molar-refractivity contribution >= 4 is 5.91 Å². The molecule has 0 bridgehead atoms. The van der Waals surface area contributed by atoms with Crippen LogP contribution in [0.2, 0.25) is 0 Å². The van der Waals surface area contributed by atoms with Gasteiger partial charge in [0.25, 0.3) is 0 Å². The van der Waals surface area contributed by atoms with Crippen LogP contribution in [0.1, 0.15) is 200 Å². The van der Waals surface area contributed by atoms with Crippen LogP contribution in [-0.4, -0.2) is 140 Å². The molecule has 0 aromatic rings. The summed E-state index contributed by atoms with van der Waals surface area (Å²) >= 11 is 0. The second-order valence-electron chi connectivity index (χ2n) is 21.4. The Labute approximate surface area is 488 Å². The van der Waals surface area contributed by atoms with Gasteiger partial charge in [-0.2, -0.15) is 0 Å². The number of aliphatic hydroxyl groups is 8. The standard InChI is InChI=1S/C67H111NO13/c1-3-5-7-9-11-13-15-17-19-21-23-25-27-28-29-31-33-35-37-39-41-43-45-47-49-51-59(72)68-55(54-78-66-64(77)62(75)65(58(53-70)80-66)81-67-63(76)61(74)60(73)57(52-69)79-67)56(71)50-48-46-44-42-40-38-36-34-32-30-26-24-22-20-18-16-14-12-10-8-6-4-2/h5,7,11,13,17,19,23,25,28-29,32-35,39-42,48,50,55-58,60-67,69-71,73-77H,3-4,6,8-10,12,14-16,18,20-22,24,26-27,30-31,36-38,43-47,49,51-54H2,1-2H3,(H,68,72)/b7-5-,13-11-,19-17-,25-23-,29-28-,34-32+,35-33-,41-39-,42-40+,50-48+. The fraction of sp³-hybridized carbons (Fsp3) is 0.687. The van der Waals surface area contributed by atoms with Crippen molar-refractivity contribution in [3.05, 3.63) is 122 Å². The molecule has 9 N–H and O–H groups in total. The molecule has 14 heteroatoms. The fourth-order valence-electron chi connectivity index (χ4n) is 9.36. The van der Waals surface area contributed by atoms with Gasteiger partial charge in [-0.25, -0.2) is 0 Å². The molecule has 2 rings (SSSR count). The van der Waals surface area contributed by atoms with E-state index in [1.807, 2.05) is 6.08 Å². The predicted octanol–water partition coefficient (Wildman–Crippen LogP) is 11.4. The van der Waals surface area contributed by atoms with Crippen LogP contribution in [0.25, 0.3) is 0 Å². The van der Waals surface area contributed by atoms with Crippen LogP contribution in [0.3, 0.4) is 0 Å². The van der Waals surface area contributed by atoms with Crippen LogP contribution in [0, 0.1) is 0 Å². The first-order valence-electron chi connectivity index (χ1n) is 31.3. The van der Waals surface area contributed by atoms with Crippen LogP contribution in [0.15, 0.2) is 122 Å². The predicted molar refractivity (Wildman–Crippen MR) is 327 cm³/mol. The Hall–Kier alpha value is -3.61. The zero-order chi connectivity index (χ0) is 58.8. The quantitative estimate of drug-likeness (QED) is 0.0204. The fourth-order valence-corrected chi connectivity index (χ4v) is 9.36. The molecular weight excluding hydrogens is 1030 g/mol. The lowest BCUT2D eigenvalue weighted by molar-refractivity contribution is -0.359. The van der Waals surface area contributed by atoms with E-state index < -0.39 is 86.8 Å². The number of carbonyl (C=O) groups excluding carboxylic acids is 1. The molecule has 2 heterocycles. The van der Waals surface area contributed by atoms with Crippen LogP contribution in [-0.2, 0) is 23.7 Å². The molecule has 2 fully saturated rings. The molecule has 0 spiro atoms. The number of unbranched alkanes of at least 4 members (excludes halogenated alkanes) is 17. The second kappa shape index (κ2) is 50.9. The first-order chi connectivity index (χ1) is 39.6. The topological polar surface area (TPSA) is 228 Å². The van der Waals surface area contributed by atoms with Crippen LogP contribution in [0.4, 0.5) is 0 Å². The van der Waals surface area contributed by atoms with Gasteiger partial charge in [0.2, 0.25) is 5.91 Å². The Bertz CT molecular complexity index is 1820. The van der Waals surface area contributed by atoms with Crippen molar-refractivity contribution in [1.82, 2.24) is 5.32 Å². The van der Waals surface area contributed by atoms with Crippen molar-refractivity contribution in [2.75, 3.05) is 19.8 Å². The third kappa shape index (κ3) is 36.0. The van der Waals surface area contributed by atoms with Crippen LogP contribution >= 0.6 is 0 Å². The summed E-state index contributed by atoms with van der Waals surface area (Å²) in [4.78, 5) is 13.3. The van der Waals surface area contributed by atoms with Gasteiger partial charge < -0.3 is 65.1 Å². The second-order valence-corrected chi connectivity index (χ2v) is 21.4.